The van der Waals surface area contributed by atoms with E-state index in [-0.39, 0.29) is 23.5 Å². The molecule has 0 aromatic heterocycles. The van der Waals surface area contributed by atoms with E-state index in [1.165, 1.54) is 31.4 Å². The van der Waals surface area contributed by atoms with Gasteiger partial charge in [0.15, 0.2) is 0 Å². The second-order valence-corrected chi connectivity index (χ2v) is 10.9. The van der Waals surface area contributed by atoms with Crippen LogP contribution in [0.2, 0.25) is 0 Å². The molecule has 0 aliphatic carbocycles. The molecule has 206 valence electrons. The predicted octanol–water partition coefficient (Wildman–Crippen LogP) is 2.00. The van der Waals surface area contributed by atoms with Crippen LogP contribution in [0.15, 0.2) is 53.4 Å². The van der Waals surface area contributed by atoms with Crippen molar-refractivity contribution in [1.29, 1.82) is 0 Å². The second kappa shape index (κ2) is 13.2. The minimum Gasteiger partial charge on any atom is -0.469 e. The monoisotopic (exact) mass is 548 g/mol. The fourth-order valence-electron chi connectivity index (χ4n) is 3.24. The Kier molecular flexibility index (Phi) is 10.5. The molecule has 0 saturated carbocycles. The number of rotatable bonds is 11. The van der Waals surface area contributed by atoms with Crippen LogP contribution in [0.5, 0.6) is 0 Å². The molecule has 0 unspecified atom stereocenters. The zero-order valence-electron chi connectivity index (χ0n) is 21.9. The number of esters is 3. The Bertz CT molecular complexity index is 1270. The van der Waals surface area contributed by atoms with Crippen molar-refractivity contribution in [3.63, 3.8) is 0 Å². The number of aryl methyl sites for hydroxylation is 1. The maximum atomic E-state index is 13.2. The van der Waals surface area contributed by atoms with Gasteiger partial charge in [-0.2, -0.15) is 4.72 Å². The number of carbonyl (C=O) groups is 4. The first-order chi connectivity index (χ1) is 17.8. The van der Waals surface area contributed by atoms with Crippen LogP contribution in [0.4, 0.5) is 0 Å². The van der Waals surface area contributed by atoms with Gasteiger partial charge in [-0.3, -0.25) is 14.4 Å². The highest BCUT2D eigenvalue weighted by atomic mass is 32.2. The van der Waals surface area contributed by atoms with E-state index in [1.807, 2.05) is 0 Å². The van der Waals surface area contributed by atoms with Gasteiger partial charge in [-0.1, -0.05) is 24.3 Å². The zero-order chi connectivity index (χ0) is 28.5. The SMILES string of the molecule is COC(=O)CCc1ccc(C(=O)NC[C@H](NS(=O)(=O)c2ccccc2C(=O)OC)C(=O)OC(C)(C)C)cc1. The molecule has 11 nitrogen and oxygen atoms in total. The molecule has 2 rings (SSSR count). The van der Waals surface area contributed by atoms with Gasteiger partial charge in [0.1, 0.15) is 11.6 Å². The third kappa shape index (κ3) is 8.96. The van der Waals surface area contributed by atoms with Crippen molar-refractivity contribution in [2.45, 2.75) is 50.2 Å². The molecule has 2 aromatic carbocycles. The molecular formula is C26H32N2O9S. The molecule has 0 bridgehead atoms. The Morgan fingerprint density at radius 2 is 1.55 bits per heavy atom. The van der Waals surface area contributed by atoms with Crippen LogP contribution in [-0.4, -0.2) is 64.6 Å². The molecule has 12 heteroatoms. The van der Waals surface area contributed by atoms with Crippen molar-refractivity contribution >= 4 is 33.8 Å². The standard InChI is InChI=1S/C26H32N2O9S/c1-26(2,3)37-25(32)20(28-38(33,34)21-9-7-6-8-19(21)24(31)36-5)16-27-23(30)18-13-10-17(11-14-18)12-15-22(29)35-4/h6-11,13-14,20,28H,12,15-16H2,1-5H3,(H,27,30)/t20-/m0/s1. The van der Waals surface area contributed by atoms with Gasteiger partial charge < -0.3 is 19.5 Å². The third-order valence-corrected chi connectivity index (χ3v) is 6.63. The van der Waals surface area contributed by atoms with Crippen LogP contribution < -0.4 is 10.0 Å². The summed E-state index contributed by atoms with van der Waals surface area (Å²) in [6, 6.07) is 10.3. The lowest BCUT2D eigenvalue weighted by Crippen LogP contribution is -2.50. The maximum absolute atomic E-state index is 13.2. The lowest BCUT2D eigenvalue weighted by Gasteiger charge is -2.25. The first kappa shape index (κ1) is 30.5. The summed E-state index contributed by atoms with van der Waals surface area (Å²) in [6.45, 7) is 4.41. The minimum atomic E-state index is -4.42. The number of carbonyl (C=O) groups excluding carboxylic acids is 4. The highest BCUT2D eigenvalue weighted by Crippen LogP contribution is 2.18. The smallest absolute Gasteiger partial charge is 0.339 e. The number of ether oxygens (including phenoxy) is 3. The Hall–Kier alpha value is -3.77. The van der Waals surface area contributed by atoms with Crippen molar-refractivity contribution in [3.8, 4) is 0 Å². The summed E-state index contributed by atoms with van der Waals surface area (Å²) < 4.78 is 43.2. The summed E-state index contributed by atoms with van der Waals surface area (Å²) in [4.78, 5) is 48.6. The van der Waals surface area contributed by atoms with E-state index in [0.29, 0.717) is 6.42 Å². The minimum absolute atomic E-state index is 0.193. The highest BCUT2D eigenvalue weighted by Gasteiger charge is 2.32. The molecular weight excluding hydrogens is 516 g/mol. The van der Waals surface area contributed by atoms with Crippen LogP contribution >= 0.6 is 0 Å². The highest BCUT2D eigenvalue weighted by molar-refractivity contribution is 7.89. The van der Waals surface area contributed by atoms with Gasteiger partial charge in [-0.15, -0.1) is 0 Å². The van der Waals surface area contributed by atoms with E-state index in [9.17, 15) is 27.6 Å². The fraction of sp³-hybridized carbons (Fsp3) is 0.385. The van der Waals surface area contributed by atoms with Gasteiger partial charge in [0.05, 0.1) is 24.7 Å². The van der Waals surface area contributed by atoms with Crippen LogP contribution in [-0.2, 0) is 40.2 Å². The van der Waals surface area contributed by atoms with Crippen LogP contribution in [0.1, 0.15) is 53.5 Å². The van der Waals surface area contributed by atoms with Crippen molar-refractivity contribution in [2.24, 2.45) is 0 Å². The predicted molar refractivity (Wildman–Crippen MR) is 137 cm³/mol. The van der Waals surface area contributed by atoms with Crippen molar-refractivity contribution in [2.75, 3.05) is 20.8 Å². The normalized spacial score (nSPS) is 12.2. The van der Waals surface area contributed by atoms with Gasteiger partial charge in [0, 0.05) is 18.5 Å². The van der Waals surface area contributed by atoms with Crippen molar-refractivity contribution < 1.29 is 41.8 Å². The summed E-state index contributed by atoms with van der Waals surface area (Å²) >= 11 is 0. The summed E-state index contributed by atoms with van der Waals surface area (Å²) in [5.41, 5.74) is -0.0830. The van der Waals surface area contributed by atoms with Crippen LogP contribution in [0.25, 0.3) is 0 Å². The molecule has 0 heterocycles. The van der Waals surface area contributed by atoms with E-state index in [1.54, 1.807) is 45.0 Å². The van der Waals surface area contributed by atoms with E-state index in [2.05, 4.69) is 19.5 Å². The lowest BCUT2D eigenvalue weighted by atomic mass is 10.1. The number of hydrogen-bond acceptors (Lipinski definition) is 9. The number of methoxy groups -OCH3 is 2. The number of amides is 1. The number of sulfonamides is 1. The Morgan fingerprint density at radius 1 is 0.921 bits per heavy atom. The molecule has 38 heavy (non-hydrogen) atoms. The molecule has 0 aliphatic rings. The average Bonchev–Trinajstić information content (AvgIpc) is 2.88. The summed E-state index contributed by atoms with van der Waals surface area (Å²) in [6.07, 6.45) is 0.628. The fourth-order valence-corrected chi connectivity index (χ4v) is 4.62. The number of nitrogens with one attached hydrogen (secondary N) is 2. The summed E-state index contributed by atoms with van der Waals surface area (Å²) in [5, 5.41) is 2.53. The van der Waals surface area contributed by atoms with E-state index < -0.39 is 51.0 Å². The Labute approximate surface area is 221 Å². The van der Waals surface area contributed by atoms with Crippen LogP contribution in [0, 0.1) is 0 Å². The first-order valence-electron chi connectivity index (χ1n) is 11.6. The molecule has 2 aromatic rings. The summed E-state index contributed by atoms with van der Waals surface area (Å²) in [7, 11) is -2.00. The maximum Gasteiger partial charge on any atom is 0.339 e. The topological polar surface area (TPSA) is 154 Å². The van der Waals surface area contributed by atoms with Gasteiger partial charge >= 0.3 is 17.9 Å². The Morgan fingerprint density at radius 3 is 2.13 bits per heavy atom. The average molecular weight is 549 g/mol. The van der Waals surface area contributed by atoms with Crippen molar-refractivity contribution in [1.82, 2.24) is 10.0 Å². The number of benzene rings is 2. The lowest BCUT2D eigenvalue weighted by molar-refractivity contribution is -0.156. The molecule has 0 saturated heterocycles. The quantitative estimate of drug-likeness (QED) is 0.317. The zero-order valence-corrected chi connectivity index (χ0v) is 22.7. The molecule has 0 radical (unpaired) electrons. The van der Waals surface area contributed by atoms with E-state index in [0.717, 1.165) is 12.7 Å². The first-order valence-corrected chi connectivity index (χ1v) is 13.1. The van der Waals surface area contributed by atoms with Crippen molar-refractivity contribution in [3.05, 3.63) is 65.2 Å². The van der Waals surface area contributed by atoms with Gasteiger partial charge in [0.25, 0.3) is 5.91 Å². The molecule has 0 spiro atoms. The van der Waals surface area contributed by atoms with E-state index in [4.69, 9.17) is 4.74 Å². The summed E-state index contributed by atoms with van der Waals surface area (Å²) in [5.74, 6) is -2.71. The molecule has 0 aliphatic heterocycles. The second-order valence-electron chi connectivity index (χ2n) is 9.18. The third-order valence-electron chi connectivity index (χ3n) is 5.10. The Balaban J connectivity index is 2.21. The van der Waals surface area contributed by atoms with Crippen LogP contribution in [0.3, 0.4) is 0 Å². The van der Waals surface area contributed by atoms with Gasteiger partial charge in [-0.25, -0.2) is 13.2 Å². The largest absolute Gasteiger partial charge is 0.469 e. The molecule has 1 atom stereocenters. The van der Waals surface area contributed by atoms with E-state index >= 15 is 0 Å². The molecule has 0 fully saturated rings. The van der Waals surface area contributed by atoms with Gasteiger partial charge in [-0.05, 0) is 57.0 Å². The van der Waals surface area contributed by atoms with Gasteiger partial charge in [0.2, 0.25) is 10.0 Å². The molecule has 1 amide bonds. The molecule has 2 N–H and O–H groups in total. The number of hydrogen-bond donors (Lipinski definition) is 2.